The highest BCUT2D eigenvalue weighted by Crippen LogP contribution is 2.21. The molecule has 2 amide bonds. The van der Waals surface area contributed by atoms with Crippen molar-refractivity contribution in [3.05, 3.63) is 53.2 Å². The molecule has 5 heteroatoms. The number of aryl methyl sites for hydroxylation is 1. The SMILES string of the molecule is CC(=O)NCc1ccc(-c2ccc(C(=O)NC3CCCCC3)c(C)n2)cc1. The Kier molecular flexibility index (Phi) is 6.22. The number of carbonyl (C=O) groups excluding carboxylic acids is 2. The Morgan fingerprint density at radius 1 is 1.04 bits per heavy atom. The van der Waals surface area contributed by atoms with Crippen LogP contribution in [-0.2, 0) is 11.3 Å². The first-order valence-corrected chi connectivity index (χ1v) is 9.65. The maximum absolute atomic E-state index is 12.6. The van der Waals surface area contributed by atoms with Crippen LogP contribution in [0.15, 0.2) is 36.4 Å². The summed E-state index contributed by atoms with van der Waals surface area (Å²) < 4.78 is 0. The zero-order chi connectivity index (χ0) is 19.2. The highest BCUT2D eigenvalue weighted by molar-refractivity contribution is 5.95. The maximum atomic E-state index is 12.6. The van der Waals surface area contributed by atoms with Crippen LogP contribution in [0.4, 0.5) is 0 Å². The molecule has 1 fully saturated rings. The Morgan fingerprint density at radius 3 is 2.37 bits per heavy atom. The summed E-state index contributed by atoms with van der Waals surface area (Å²) in [4.78, 5) is 28.2. The van der Waals surface area contributed by atoms with Crippen LogP contribution in [0.2, 0.25) is 0 Å². The lowest BCUT2D eigenvalue weighted by Crippen LogP contribution is -2.36. The summed E-state index contributed by atoms with van der Waals surface area (Å²) in [6.07, 6.45) is 5.80. The number of carbonyl (C=O) groups is 2. The quantitative estimate of drug-likeness (QED) is 0.847. The van der Waals surface area contributed by atoms with Crippen molar-refractivity contribution in [2.75, 3.05) is 0 Å². The third-order valence-corrected chi connectivity index (χ3v) is 5.06. The molecule has 1 aromatic heterocycles. The second kappa shape index (κ2) is 8.80. The van der Waals surface area contributed by atoms with Gasteiger partial charge >= 0.3 is 0 Å². The van der Waals surface area contributed by atoms with Crippen LogP contribution in [0.25, 0.3) is 11.3 Å². The minimum Gasteiger partial charge on any atom is -0.352 e. The lowest BCUT2D eigenvalue weighted by atomic mass is 9.95. The van der Waals surface area contributed by atoms with Crippen LogP contribution >= 0.6 is 0 Å². The number of rotatable bonds is 5. The van der Waals surface area contributed by atoms with Crippen molar-refractivity contribution in [1.29, 1.82) is 0 Å². The van der Waals surface area contributed by atoms with E-state index in [-0.39, 0.29) is 11.8 Å². The molecule has 1 saturated carbocycles. The first-order chi connectivity index (χ1) is 13.0. The molecular formula is C22H27N3O2. The predicted molar refractivity (Wildman–Crippen MR) is 106 cm³/mol. The van der Waals surface area contributed by atoms with E-state index < -0.39 is 0 Å². The van der Waals surface area contributed by atoms with Crippen molar-refractivity contribution >= 4 is 11.8 Å². The average molecular weight is 365 g/mol. The summed E-state index contributed by atoms with van der Waals surface area (Å²) in [6, 6.07) is 12.0. The Balaban J connectivity index is 1.68. The molecule has 0 spiro atoms. The first kappa shape index (κ1) is 19.1. The van der Waals surface area contributed by atoms with Gasteiger partial charge in [0.2, 0.25) is 5.91 Å². The van der Waals surface area contributed by atoms with Gasteiger partial charge in [-0.25, -0.2) is 0 Å². The van der Waals surface area contributed by atoms with Crippen LogP contribution in [-0.4, -0.2) is 22.8 Å². The highest BCUT2D eigenvalue weighted by Gasteiger charge is 2.18. The number of amides is 2. The van der Waals surface area contributed by atoms with E-state index in [1.165, 1.54) is 26.2 Å². The van der Waals surface area contributed by atoms with Crippen LogP contribution in [0, 0.1) is 6.92 Å². The zero-order valence-electron chi connectivity index (χ0n) is 16.0. The molecule has 27 heavy (non-hydrogen) atoms. The van der Waals surface area contributed by atoms with Crippen molar-refractivity contribution < 1.29 is 9.59 Å². The Labute approximate surface area is 160 Å². The normalized spacial score (nSPS) is 14.6. The molecule has 1 aliphatic rings. The van der Waals surface area contributed by atoms with E-state index in [0.717, 1.165) is 35.4 Å². The minimum atomic E-state index is -0.0431. The average Bonchev–Trinajstić information content (AvgIpc) is 2.67. The van der Waals surface area contributed by atoms with Gasteiger partial charge in [-0.3, -0.25) is 14.6 Å². The molecule has 1 aliphatic carbocycles. The molecular weight excluding hydrogens is 338 g/mol. The van der Waals surface area contributed by atoms with Crippen LogP contribution in [0.3, 0.4) is 0 Å². The number of benzene rings is 1. The molecule has 0 unspecified atom stereocenters. The summed E-state index contributed by atoms with van der Waals surface area (Å²) in [7, 11) is 0. The molecule has 0 bridgehead atoms. The summed E-state index contributed by atoms with van der Waals surface area (Å²) in [5.41, 5.74) is 4.25. The Morgan fingerprint density at radius 2 is 1.74 bits per heavy atom. The Bertz CT molecular complexity index is 809. The standard InChI is InChI=1S/C22H27N3O2/c1-15-20(22(27)25-19-6-4-3-5-7-19)12-13-21(24-15)18-10-8-17(9-11-18)14-23-16(2)26/h8-13,19H,3-7,14H2,1-2H3,(H,23,26)(H,25,27). The number of hydrogen-bond donors (Lipinski definition) is 2. The molecule has 0 saturated heterocycles. The van der Waals surface area contributed by atoms with E-state index >= 15 is 0 Å². The fourth-order valence-electron chi connectivity index (χ4n) is 3.49. The van der Waals surface area contributed by atoms with Gasteiger partial charge in [-0.1, -0.05) is 43.5 Å². The number of aromatic nitrogens is 1. The van der Waals surface area contributed by atoms with E-state index in [9.17, 15) is 9.59 Å². The molecule has 1 heterocycles. The lowest BCUT2D eigenvalue weighted by Gasteiger charge is -2.23. The molecule has 1 aromatic carbocycles. The summed E-state index contributed by atoms with van der Waals surface area (Å²) >= 11 is 0. The van der Waals surface area contributed by atoms with Crippen LogP contribution in [0.1, 0.15) is 60.6 Å². The third kappa shape index (κ3) is 5.16. The molecule has 142 valence electrons. The summed E-state index contributed by atoms with van der Waals surface area (Å²) in [6.45, 7) is 3.90. The first-order valence-electron chi connectivity index (χ1n) is 9.65. The second-order valence-corrected chi connectivity index (χ2v) is 7.24. The molecule has 0 radical (unpaired) electrons. The maximum Gasteiger partial charge on any atom is 0.253 e. The van der Waals surface area contributed by atoms with Gasteiger partial charge in [-0.15, -0.1) is 0 Å². The highest BCUT2D eigenvalue weighted by atomic mass is 16.2. The zero-order valence-corrected chi connectivity index (χ0v) is 16.0. The van der Waals surface area contributed by atoms with E-state index in [1.54, 1.807) is 0 Å². The lowest BCUT2D eigenvalue weighted by molar-refractivity contribution is -0.119. The van der Waals surface area contributed by atoms with Gasteiger partial charge in [0.05, 0.1) is 17.0 Å². The van der Waals surface area contributed by atoms with Crippen molar-refractivity contribution in [2.45, 2.75) is 58.5 Å². The van der Waals surface area contributed by atoms with E-state index in [2.05, 4.69) is 15.6 Å². The Hall–Kier alpha value is -2.69. The van der Waals surface area contributed by atoms with E-state index in [4.69, 9.17) is 0 Å². The molecule has 3 rings (SSSR count). The topological polar surface area (TPSA) is 71.1 Å². The monoisotopic (exact) mass is 365 g/mol. The number of nitrogens with zero attached hydrogens (tertiary/aromatic N) is 1. The minimum absolute atomic E-state index is 0.0240. The van der Waals surface area contributed by atoms with Gasteiger partial charge < -0.3 is 10.6 Å². The van der Waals surface area contributed by atoms with Gasteiger partial charge in [0.15, 0.2) is 0 Å². The largest absolute Gasteiger partial charge is 0.352 e. The van der Waals surface area contributed by atoms with Crippen molar-refractivity contribution in [3.8, 4) is 11.3 Å². The number of hydrogen-bond acceptors (Lipinski definition) is 3. The van der Waals surface area contributed by atoms with Crippen molar-refractivity contribution in [1.82, 2.24) is 15.6 Å². The predicted octanol–water partition coefficient (Wildman–Crippen LogP) is 3.76. The van der Waals surface area contributed by atoms with E-state index in [1.807, 2.05) is 43.3 Å². The van der Waals surface area contributed by atoms with Gasteiger partial charge in [-0.05, 0) is 37.5 Å². The smallest absolute Gasteiger partial charge is 0.253 e. The number of nitrogens with one attached hydrogen (secondary N) is 2. The number of pyridine rings is 1. The van der Waals surface area contributed by atoms with Crippen molar-refractivity contribution in [3.63, 3.8) is 0 Å². The van der Waals surface area contributed by atoms with Gasteiger partial charge in [0.1, 0.15) is 0 Å². The third-order valence-electron chi connectivity index (χ3n) is 5.06. The van der Waals surface area contributed by atoms with Crippen molar-refractivity contribution in [2.24, 2.45) is 0 Å². The molecule has 5 nitrogen and oxygen atoms in total. The van der Waals surface area contributed by atoms with Gasteiger partial charge in [0.25, 0.3) is 5.91 Å². The van der Waals surface area contributed by atoms with E-state index in [0.29, 0.717) is 18.2 Å². The molecule has 2 N–H and O–H groups in total. The summed E-state index contributed by atoms with van der Waals surface area (Å²) in [5.74, 6) is -0.0671. The summed E-state index contributed by atoms with van der Waals surface area (Å²) in [5, 5.41) is 5.94. The molecule has 0 atom stereocenters. The fourth-order valence-corrected chi connectivity index (χ4v) is 3.49. The molecule has 2 aromatic rings. The molecule has 0 aliphatic heterocycles. The fraction of sp³-hybridized carbons (Fsp3) is 0.409. The second-order valence-electron chi connectivity index (χ2n) is 7.24. The van der Waals surface area contributed by atoms with Crippen LogP contribution in [0.5, 0.6) is 0 Å². The van der Waals surface area contributed by atoms with Gasteiger partial charge in [0, 0.05) is 25.1 Å². The van der Waals surface area contributed by atoms with Crippen LogP contribution < -0.4 is 10.6 Å². The van der Waals surface area contributed by atoms with Gasteiger partial charge in [-0.2, -0.15) is 0 Å².